The average molecular weight is 437 g/mol. The lowest BCUT2D eigenvalue weighted by molar-refractivity contribution is 0.402. The second-order valence-electron chi connectivity index (χ2n) is 6.16. The average Bonchev–Trinajstić information content (AvgIpc) is 3.40. The topological polar surface area (TPSA) is 110 Å². The summed E-state index contributed by atoms with van der Waals surface area (Å²) in [5.41, 5.74) is 1.61. The van der Waals surface area contributed by atoms with Crippen molar-refractivity contribution in [3.05, 3.63) is 59.3 Å². The summed E-state index contributed by atoms with van der Waals surface area (Å²) in [6, 6.07) is 17.1. The number of benzene rings is 2. The predicted octanol–water partition coefficient (Wildman–Crippen LogP) is 4.25. The van der Waals surface area contributed by atoms with Crippen molar-refractivity contribution < 1.29 is 9.84 Å². The Labute approximate surface area is 180 Å². The van der Waals surface area contributed by atoms with Crippen LogP contribution in [0.15, 0.2) is 59.4 Å². The Morgan fingerprint density at radius 2 is 2.00 bits per heavy atom. The first kappa shape index (κ1) is 19.9. The van der Waals surface area contributed by atoms with Crippen LogP contribution < -0.4 is 4.74 Å². The summed E-state index contributed by atoms with van der Waals surface area (Å²) in [6.07, 6.45) is 0. The monoisotopic (exact) mass is 436 g/mol. The van der Waals surface area contributed by atoms with E-state index in [2.05, 4.69) is 26.6 Å². The van der Waals surface area contributed by atoms with Crippen LogP contribution >= 0.6 is 23.1 Å². The number of methoxy groups -OCH3 is 1. The highest BCUT2D eigenvalue weighted by molar-refractivity contribution is 7.99. The molecule has 8 nitrogen and oxygen atoms in total. The molecule has 0 bridgehead atoms. The van der Waals surface area contributed by atoms with E-state index in [0.717, 1.165) is 10.2 Å². The van der Waals surface area contributed by atoms with Crippen LogP contribution in [0.2, 0.25) is 0 Å². The van der Waals surface area contributed by atoms with Crippen molar-refractivity contribution in [3.63, 3.8) is 0 Å². The number of nitrogens with zero attached hydrogens (tertiary/aromatic N) is 6. The Kier molecular flexibility index (Phi) is 5.65. The van der Waals surface area contributed by atoms with Gasteiger partial charge in [-0.05, 0) is 41.6 Å². The van der Waals surface area contributed by atoms with E-state index in [0.29, 0.717) is 21.6 Å². The van der Waals surface area contributed by atoms with E-state index in [1.807, 2.05) is 48.5 Å². The van der Waals surface area contributed by atoms with Crippen molar-refractivity contribution in [1.29, 1.82) is 5.26 Å². The van der Waals surface area contributed by atoms with Gasteiger partial charge in [-0.25, -0.2) is 4.98 Å². The summed E-state index contributed by atoms with van der Waals surface area (Å²) in [7, 11) is 1.57. The molecule has 0 radical (unpaired) electrons. The second-order valence-corrected chi connectivity index (χ2v) is 8.50. The molecule has 0 spiro atoms. The number of aliphatic hydroxyl groups is 1. The van der Waals surface area contributed by atoms with Gasteiger partial charge in [-0.15, -0.1) is 16.4 Å². The first-order valence-electron chi connectivity index (χ1n) is 8.90. The van der Waals surface area contributed by atoms with Gasteiger partial charge in [-0.2, -0.15) is 9.94 Å². The first-order valence-corrected chi connectivity index (χ1v) is 10.6. The number of allylic oxidation sites excluding steroid dienone is 1. The zero-order chi connectivity index (χ0) is 21.1. The van der Waals surface area contributed by atoms with Gasteiger partial charge in [0.05, 0.1) is 22.6 Å². The zero-order valence-electron chi connectivity index (χ0n) is 16.1. The van der Waals surface area contributed by atoms with Crippen LogP contribution in [0.3, 0.4) is 0 Å². The van der Waals surface area contributed by atoms with Crippen LogP contribution in [-0.4, -0.2) is 42.7 Å². The lowest BCUT2D eigenvalue weighted by Gasteiger charge is -2.12. The summed E-state index contributed by atoms with van der Waals surface area (Å²) >= 11 is 2.60. The fraction of sp³-hybridized carbons (Fsp3) is 0.150. The SMILES string of the molecule is COc1ccccc1-n1nnnc1SC(C)/C(O)=C(\C#N)c1nc2ccccc2s1. The highest BCUT2D eigenvalue weighted by atomic mass is 32.2. The molecule has 150 valence electrons. The highest BCUT2D eigenvalue weighted by Crippen LogP contribution is 2.34. The van der Waals surface area contributed by atoms with Crippen LogP contribution in [0.5, 0.6) is 5.75 Å². The molecule has 30 heavy (non-hydrogen) atoms. The quantitative estimate of drug-likeness (QED) is 0.271. The van der Waals surface area contributed by atoms with Crippen molar-refractivity contribution >= 4 is 38.9 Å². The maximum absolute atomic E-state index is 10.8. The molecule has 0 saturated heterocycles. The largest absolute Gasteiger partial charge is 0.510 e. The molecule has 0 amide bonds. The van der Waals surface area contributed by atoms with Gasteiger partial charge in [0, 0.05) is 0 Å². The minimum atomic E-state index is -0.480. The molecule has 4 rings (SSSR count). The van der Waals surface area contributed by atoms with Gasteiger partial charge in [0.2, 0.25) is 5.16 Å². The van der Waals surface area contributed by atoms with Crippen LogP contribution in [0.1, 0.15) is 11.9 Å². The molecule has 0 aliphatic carbocycles. The maximum Gasteiger partial charge on any atom is 0.214 e. The van der Waals surface area contributed by atoms with Gasteiger partial charge in [0.1, 0.15) is 33.8 Å². The van der Waals surface area contributed by atoms with Gasteiger partial charge < -0.3 is 9.84 Å². The number of hydrogen-bond acceptors (Lipinski definition) is 9. The van der Waals surface area contributed by atoms with Gasteiger partial charge >= 0.3 is 0 Å². The molecule has 0 fully saturated rings. The molecule has 2 aromatic heterocycles. The van der Waals surface area contributed by atoms with Crippen molar-refractivity contribution in [2.75, 3.05) is 7.11 Å². The van der Waals surface area contributed by atoms with E-state index < -0.39 is 5.25 Å². The van der Waals surface area contributed by atoms with E-state index in [9.17, 15) is 10.4 Å². The van der Waals surface area contributed by atoms with Crippen LogP contribution in [0.25, 0.3) is 21.5 Å². The van der Waals surface area contributed by atoms with Gasteiger partial charge in [0.25, 0.3) is 0 Å². The first-order chi connectivity index (χ1) is 14.6. The molecule has 1 atom stereocenters. The summed E-state index contributed by atoms with van der Waals surface area (Å²) in [4.78, 5) is 4.48. The minimum Gasteiger partial charge on any atom is -0.510 e. The third-order valence-corrected chi connectivity index (χ3v) is 6.39. The molecule has 0 aliphatic heterocycles. The minimum absolute atomic E-state index is 0.0730. The summed E-state index contributed by atoms with van der Waals surface area (Å²) in [5.74, 6) is 0.544. The van der Waals surface area contributed by atoms with Gasteiger partial charge in [0.15, 0.2) is 0 Å². The molecule has 0 saturated carbocycles. The molecule has 0 aliphatic rings. The Balaban J connectivity index is 1.66. The van der Waals surface area contributed by atoms with Gasteiger partial charge in [-0.1, -0.05) is 36.0 Å². The Morgan fingerprint density at radius 1 is 1.23 bits per heavy atom. The number of tetrazole rings is 1. The lowest BCUT2D eigenvalue weighted by atomic mass is 10.2. The Hall–Kier alpha value is -3.42. The number of thioether (sulfide) groups is 1. The second kappa shape index (κ2) is 8.52. The summed E-state index contributed by atoms with van der Waals surface area (Å²) in [5, 5.41) is 32.8. The molecule has 2 aromatic carbocycles. The molecule has 4 aromatic rings. The summed E-state index contributed by atoms with van der Waals surface area (Å²) in [6.45, 7) is 1.78. The van der Waals surface area contributed by atoms with Crippen molar-refractivity contribution in [2.45, 2.75) is 17.3 Å². The third-order valence-electron chi connectivity index (χ3n) is 4.30. The van der Waals surface area contributed by atoms with Crippen LogP contribution in [0.4, 0.5) is 0 Å². The number of rotatable bonds is 6. The normalized spacial score (nSPS) is 13.0. The van der Waals surface area contributed by atoms with Crippen molar-refractivity contribution in [2.24, 2.45) is 0 Å². The van der Waals surface area contributed by atoms with E-state index in [1.54, 1.807) is 14.0 Å². The molecule has 2 heterocycles. The smallest absolute Gasteiger partial charge is 0.214 e. The van der Waals surface area contributed by atoms with Crippen LogP contribution in [-0.2, 0) is 0 Å². The van der Waals surface area contributed by atoms with E-state index in [1.165, 1.54) is 27.8 Å². The number of aromatic nitrogens is 5. The van der Waals surface area contributed by atoms with Crippen LogP contribution in [0, 0.1) is 11.3 Å². The number of thiazole rings is 1. The Morgan fingerprint density at radius 3 is 2.77 bits per heavy atom. The zero-order valence-corrected chi connectivity index (χ0v) is 17.7. The lowest BCUT2D eigenvalue weighted by Crippen LogP contribution is -2.07. The third kappa shape index (κ3) is 3.72. The molecular formula is C20H16N6O2S2. The van der Waals surface area contributed by atoms with Gasteiger partial charge in [-0.3, -0.25) is 0 Å². The maximum atomic E-state index is 10.8. The van der Waals surface area contributed by atoms with E-state index in [4.69, 9.17) is 4.74 Å². The summed E-state index contributed by atoms with van der Waals surface area (Å²) < 4.78 is 7.88. The molecule has 1 unspecified atom stereocenters. The van der Waals surface area contributed by atoms with Crippen molar-refractivity contribution in [1.82, 2.24) is 25.2 Å². The Bertz CT molecular complexity index is 1240. The predicted molar refractivity (Wildman–Crippen MR) is 116 cm³/mol. The number of para-hydroxylation sites is 3. The van der Waals surface area contributed by atoms with E-state index >= 15 is 0 Å². The fourth-order valence-electron chi connectivity index (χ4n) is 2.82. The number of nitriles is 1. The number of aliphatic hydroxyl groups excluding tert-OH is 1. The molecule has 1 N–H and O–H groups in total. The van der Waals surface area contributed by atoms with Crippen molar-refractivity contribution in [3.8, 4) is 17.5 Å². The fourth-order valence-corrected chi connectivity index (χ4v) is 4.65. The standard InChI is InChI=1S/C20H16N6O2S2/c1-12(18(27)13(11-21)19-22-14-7-3-6-10-17(14)30-19)29-20-23-24-25-26(20)15-8-4-5-9-16(15)28-2/h3-10,12,27H,1-2H3/b18-13-. The highest BCUT2D eigenvalue weighted by Gasteiger charge is 2.22. The number of hydrogen-bond donors (Lipinski definition) is 1. The molecular weight excluding hydrogens is 420 g/mol. The molecule has 10 heteroatoms. The van der Waals surface area contributed by atoms with E-state index in [-0.39, 0.29) is 11.3 Å². The number of fused-ring (bicyclic) bond motifs is 1. The number of ether oxygens (including phenoxy) is 1.